The van der Waals surface area contributed by atoms with Gasteiger partial charge in [0, 0.05) is 28.5 Å². The summed E-state index contributed by atoms with van der Waals surface area (Å²) in [5.74, 6) is 1.24. The molecule has 0 fully saturated rings. The number of nitrogens with one attached hydrogen (secondary N) is 1. The van der Waals surface area contributed by atoms with Crippen molar-refractivity contribution in [1.82, 2.24) is 14.9 Å². The molecule has 0 aliphatic carbocycles. The van der Waals surface area contributed by atoms with Crippen molar-refractivity contribution in [2.75, 3.05) is 11.1 Å². The second kappa shape index (κ2) is 7.29. The van der Waals surface area contributed by atoms with Crippen molar-refractivity contribution in [1.29, 1.82) is 0 Å². The Morgan fingerprint density at radius 2 is 1.93 bits per heavy atom. The zero-order chi connectivity index (χ0) is 20.0. The molecule has 9 heteroatoms. The molecule has 144 valence electrons. The largest absolute Gasteiger partial charge is 0.326 e. The number of hydrogen-bond acceptors (Lipinski definition) is 6. The summed E-state index contributed by atoms with van der Waals surface area (Å²) in [6.45, 7) is 1.49. The predicted molar refractivity (Wildman–Crippen MR) is 119 cm³/mol. The van der Waals surface area contributed by atoms with Crippen molar-refractivity contribution >= 4 is 62.1 Å². The summed E-state index contributed by atoms with van der Waals surface area (Å²) in [5.41, 5.74) is 2.66. The molecule has 2 aromatic carbocycles. The average molecular weight is 440 g/mol. The molecule has 4 aromatic rings. The van der Waals surface area contributed by atoms with Gasteiger partial charge in [-0.05, 0) is 23.8 Å². The SMILES string of the molecule is CC(=O)Nc1ccc(C2=Nn3c(nnc3-c3sc4ccccc4c3Cl)SC2)cc1. The number of thiophene rings is 1. The highest BCUT2D eigenvalue weighted by molar-refractivity contribution is 7.99. The van der Waals surface area contributed by atoms with E-state index in [4.69, 9.17) is 16.7 Å². The van der Waals surface area contributed by atoms with Crippen LogP contribution in [0.25, 0.3) is 20.8 Å². The molecule has 0 atom stereocenters. The molecule has 0 bridgehead atoms. The van der Waals surface area contributed by atoms with Crippen molar-refractivity contribution in [2.24, 2.45) is 5.10 Å². The van der Waals surface area contributed by atoms with Gasteiger partial charge in [0.15, 0.2) is 5.82 Å². The maximum absolute atomic E-state index is 11.2. The van der Waals surface area contributed by atoms with Crippen LogP contribution >= 0.6 is 34.7 Å². The van der Waals surface area contributed by atoms with Crippen molar-refractivity contribution in [3.63, 3.8) is 0 Å². The normalized spacial score (nSPS) is 13.2. The van der Waals surface area contributed by atoms with Gasteiger partial charge in [0.1, 0.15) is 0 Å². The van der Waals surface area contributed by atoms with Crippen LogP contribution in [-0.2, 0) is 4.79 Å². The number of halogens is 1. The van der Waals surface area contributed by atoms with Crippen molar-refractivity contribution < 1.29 is 4.79 Å². The number of hydrogen-bond donors (Lipinski definition) is 1. The van der Waals surface area contributed by atoms with Crippen LogP contribution in [0.4, 0.5) is 5.69 Å². The first-order chi connectivity index (χ1) is 14.1. The predicted octanol–water partition coefficient (Wildman–Crippen LogP) is 5.13. The fourth-order valence-corrected chi connectivity index (χ4v) is 5.44. The third-order valence-electron chi connectivity index (χ3n) is 4.45. The Kier molecular flexibility index (Phi) is 4.61. The van der Waals surface area contributed by atoms with Crippen molar-refractivity contribution in [2.45, 2.75) is 12.1 Å². The number of fused-ring (bicyclic) bond motifs is 2. The fraction of sp³-hybridized carbons (Fsp3) is 0.100. The lowest BCUT2D eigenvalue weighted by molar-refractivity contribution is -0.114. The Labute approximate surface area is 179 Å². The van der Waals surface area contributed by atoms with Crippen LogP contribution in [-0.4, -0.2) is 32.2 Å². The maximum atomic E-state index is 11.2. The summed E-state index contributed by atoms with van der Waals surface area (Å²) in [4.78, 5) is 12.1. The molecule has 0 unspecified atom stereocenters. The third-order valence-corrected chi connectivity index (χ3v) is 7.05. The van der Waals surface area contributed by atoms with Gasteiger partial charge in [0.05, 0.1) is 15.6 Å². The summed E-state index contributed by atoms with van der Waals surface area (Å²) in [6, 6.07) is 15.7. The van der Waals surface area contributed by atoms with Crippen LogP contribution < -0.4 is 5.32 Å². The van der Waals surface area contributed by atoms with E-state index in [2.05, 4.69) is 15.5 Å². The molecule has 1 aliphatic heterocycles. The summed E-state index contributed by atoms with van der Waals surface area (Å²) in [5, 5.41) is 18.7. The van der Waals surface area contributed by atoms with E-state index in [9.17, 15) is 4.79 Å². The fourth-order valence-electron chi connectivity index (χ4n) is 3.12. The zero-order valence-electron chi connectivity index (χ0n) is 15.2. The maximum Gasteiger partial charge on any atom is 0.221 e. The van der Waals surface area contributed by atoms with Gasteiger partial charge in [-0.25, -0.2) is 0 Å². The Bertz CT molecular complexity index is 1280. The summed E-state index contributed by atoms with van der Waals surface area (Å²) >= 11 is 9.81. The highest BCUT2D eigenvalue weighted by Crippen LogP contribution is 2.42. The van der Waals surface area contributed by atoms with E-state index in [1.165, 1.54) is 6.92 Å². The number of thioether (sulfide) groups is 1. The number of anilines is 1. The molecular weight excluding hydrogens is 426 g/mol. The number of nitrogens with zero attached hydrogens (tertiary/aromatic N) is 4. The highest BCUT2D eigenvalue weighted by atomic mass is 35.5. The minimum atomic E-state index is -0.0951. The Morgan fingerprint density at radius 3 is 2.69 bits per heavy atom. The Hall–Kier alpha value is -2.68. The van der Waals surface area contributed by atoms with Gasteiger partial charge in [0.2, 0.25) is 11.1 Å². The van der Waals surface area contributed by atoms with Crippen molar-refractivity contribution in [3.8, 4) is 10.7 Å². The average Bonchev–Trinajstić information content (AvgIpc) is 3.29. The lowest BCUT2D eigenvalue weighted by Crippen LogP contribution is -2.14. The van der Waals surface area contributed by atoms with Gasteiger partial charge in [-0.3, -0.25) is 4.79 Å². The van der Waals surface area contributed by atoms with E-state index in [1.807, 2.05) is 48.5 Å². The first-order valence-corrected chi connectivity index (χ1v) is 11.0. The molecule has 1 amide bonds. The number of aromatic nitrogens is 3. The van der Waals surface area contributed by atoms with Gasteiger partial charge in [-0.1, -0.05) is 53.7 Å². The van der Waals surface area contributed by atoms with Crippen LogP contribution in [0.3, 0.4) is 0 Å². The number of carbonyl (C=O) groups is 1. The van der Waals surface area contributed by atoms with Gasteiger partial charge in [-0.15, -0.1) is 21.5 Å². The number of benzene rings is 2. The van der Waals surface area contributed by atoms with E-state index >= 15 is 0 Å². The standard InChI is InChI=1S/C20H14ClN5OS2/c1-11(27)22-13-8-6-12(7-9-13)15-10-28-20-24-23-19(26(20)25-15)18-17(21)14-4-2-3-5-16(14)29-18/h2-9H,10H2,1H3,(H,22,27). The highest BCUT2D eigenvalue weighted by Gasteiger charge is 2.24. The lowest BCUT2D eigenvalue weighted by Gasteiger charge is -2.14. The summed E-state index contributed by atoms with van der Waals surface area (Å²) in [7, 11) is 0. The molecule has 29 heavy (non-hydrogen) atoms. The van der Waals surface area contributed by atoms with E-state index < -0.39 is 0 Å². The van der Waals surface area contributed by atoms with Gasteiger partial charge < -0.3 is 5.32 Å². The molecular formula is C20H14ClN5OS2. The van der Waals surface area contributed by atoms with Crippen molar-refractivity contribution in [3.05, 3.63) is 59.1 Å². The second-order valence-electron chi connectivity index (χ2n) is 6.45. The first-order valence-electron chi connectivity index (χ1n) is 8.81. The van der Waals surface area contributed by atoms with Gasteiger partial charge in [0.25, 0.3) is 0 Å². The molecule has 2 aromatic heterocycles. The Morgan fingerprint density at radius 1 is 1.14 bits per heavy atom. The Balaban J connectivity index is 1.55. The molecule has 0 radical (unpaired) electrons. The van der Waals surface area contributed by atoms with Crippen LogP contribution in [0.1, 0.15) is 12.5 Å². The number of rotatable bonds is 3. The van der Waals surface area contributed by atoms with Gasteiger partial charge in [-0.2, -0.15) is 9.78 Å². The molecule has 3 heterocycles. The topological polar surface area (TPSA) is 72.2 Å². The number of carbonyl (C=O) groups excluding carboxylic acids is 1. The van der Waals surface area contributed by atoms with Crippen LogP contribution in [0.15, 0.2) is 58.8 Å². The molecule has 0 saturated carbocycles. The third kappa shape index (κ3) is 3.33. The monoisotopic (exact) mass is 439 g/mol. The van der Waals surface area contributed by atoms with Crippen LogP contribution in [0.5, 0.6) is 0 Å². The van der Waals surface area contributed by atoms with E-state index in [-0.39, 0.29) is 5.91 Å². The molecule has 5 rings (SSSR count). The first kappa shape index (κ1) is 18.4. The summed E-state index contributed by atoms with van der Waals surface area (Å²) in [6.07, 6.45) is 0. The minimum Gasteiger partial charge on any atom is -0.326 e. The lowest BCUT2D eigenvalue weighted by atomic mass is 10.1. The summed E-state index contributed by atoms with van der Waals surface area (Å²) < 4.78 is 2.87. The molecule has 1 aliphatic rings. The smallest absolute Gasteiger partial charge is 0.221 e. The van der Waals surface area contributed by atoms with E-state index in [0.29, 0.717) is 16.6 Å². The van der Waals surface area contributed by atoms with Crippen LogP contribution in [0.2, 0.25) is 5.02 Å². The molecule has 0 spiro atoms. The molecule has 0 saturated heterocycles. The zero-order valence-corrected chi connectivity index (χ0v) is 17.6. The minimum absolute atomic E-state index is 0.0951. The van der Waals surface area contributed by atoms with E-state index in [0.717, 1.165) is 37.1 Å². The molecule has 6 nitrogen and oxygen atoms in total. The second-order valence-corrected chi connectivity index (χ2v) is 8.83. The van der Waals surface area contributed by atoms with E-state index in [1.54, 1.807) is 27.8 Å². The molecule has 1 N–H and O–H groups in total. The number of amides is 1. The quantitative estimate of drug-likeness (QED) is 0.480. The van der Waals surface area contributed by atoms with Crippen LogP contribution in [0, 0.1) is 0 Å². The van der Waals surface area contributed by atoms with Gasteiger partial charge >= 0.3 is 0 Å².